The minimum atomic E-state index is 0.713. The smallest absolute Gasteiger partial charge is 0.00413 e. The Labute approximate surface area is 102 Å². The molecule has 1 rings (SSSR count). The summed E-state index contributed by atoms with van der Waals surface area (Å²) in [4.78, 5) is 2.26. The first-order valence-corrected chi connectivity index (χ1v) is 7.06. The molecule has 16 heavy (non-hydrogen) atoms. The van der Waals surface area contributed by atoms with Gasteiger partial charge in [-0.2, -0.15) is 0 Å². The third kappa shape index (κ3) is 6.49. The Morgan fingerprint density at radius 3 is 2.50 bits per heavy atom. The van der Waals surface area contributed by atoms with Gasteiger partial charge in [0.1, 0.15) is 0 Å². The highest BCUT2D eigenvalue weighted by molar-refractivity contribution is 4.71. The van der Waals surface area contributed by atoms with Crippen molar-refractivity contribution in [2.75, 3.05) is 27.2 Å². The number of hydrogen-bond acceptors (Lipinski definition) is 2. The minimum absolute atomic E-state index is 0.713. The van der Waals surface area contributed by atoms with Gasteiger partial charge in [0.25, 0.3) is 0 Å². The van der Waals surface area contributed by atoms with Crippen molar-refractivity contribution < 1.29 is 0 Å². The molecule has 1 fully saturated rings. The van der Waals surface area contributed by atoms with Crippen LogP contribution in [-0.2, 0) is 0 Å². The maximum absolute atomic E-state index is 3.66. The lowest BCUT2D eigenvalue weighted by atomic mass is 9.85. The topological polar surface area (TPSA) is 15.3 Å². The van der Waals surface area contributed by atoms with E-state index in [1.54, 1.807) is 0 Å². The molecule has 0 aromatic rings. The lowest BCUT2D eigenvalue weighted by Gasteiger charge is -2.25. The van der Waals surface area contributed by atoms with Crippen LogP contribution in [0.4, 0.5) is 0 Å². The second-order valence-corrected chi connectivity index (χ2v) is 5.75. The first-order chi connectivity index (χ1) is 7.68. The largest absolute Gasteiger partial charge is 0.314 e. The summed E-state index contributed by atoms with van der Waals surface area (Å²) in [6, 6.07) is 0.713. The molecule has 2 heteroatoms. The van der Waals surface area contributed by atoms with Gasteiger partial charge in [0.15, 0.2) is 0 Å². The summed E-state index contributed by atoms with van der Waals surface area (Å²) >= 11 is 0. The van der Waals surface area contributed by atoms with Crippen LogP contribution >= 0.6 is 0 Å². The van der Waals surface area contributed by atoms with Crippen LogP contribution in [0.2, 0.25) is 0 Å². The second kappa shape index (κ2) is 8.08. The van der Waals surface area contributed by atoms with E-state index in [4.69, 9.17) is 0 Å². The molecule has 1 N–H and O–H groups in total. The number of nitrogens with one attached hydrogen (secondary N) is 1. The van der Waals surface area contributed by atoms with Gasteiger partial charge >= 0.3 is 0 Å². The number of rotatable bonds is 7. The molecule has 1 atom stereocenters. The van der Waals surface area contributed by atoms with Crippen LogP contribution in [0.5, 0.6) is 0 Å². The fourth-order valence-electron chi connectivity index (χ4n) is 2.75. The molecule has 0 aromatic heterocycles. The van der Waals surface area contributed by atoms with Crippen LogP contribution in [0.25, 0.3) is 0 Å². The van der Waals surface area contributed by atoms with Gasteiger partial charge in [-0.3, -0.25) is 0 Å². The first-order valence-electron chi connectivity index (χ1n) is 7.06. The molecular formula is C14H30N2. The fourth-order valence-corrected chi connectivity index (χ4v) is 2.75. The average molecular weight is 226 g/mol. The van der Waals surface area contributed by atoms with Crippen LogP contribution in [0.3, 0.4) is 0 Å². The molecule has 0 aromatic carbocycles. The molecule has 1 aliphatic carbocycles. The van der Waals surface area contributed by atoms with Crippen molar-refractivity contribution in [3.05, 3.63) is 0 Å². The van der Waals surface area contributed by atoms with E-state index in [1.165, 1.54) is 58.0 Å². The molecular weight excluding hydrogens is 196 g/mol. The molecule has 0 heterocycles. The van der Waals surface area contributed by atoms with Crippen molar-refractivity contribution >= 4 is 0 Å². The molecule has 1 unspecified atom stereocenters. The summed E-state index contributed by atoms with van der Waals surface area (Å²) in [6.45, 7) is 4.72. The molecule has 0 radical (unpaired) electrons. The average Bonchev–Trinajstić information content (AvgIpc) is 2.25. The molecule has 0 spiro atoms. The zero-order valence-corrected chi connectivity index (χ0v) is 11.5. The van der Waals surface area contributed by atoms with Crippen molar-refractivity contribution in [1.82, 2.24) is 10.2 Å². The highest BCUT2D eigenvalue weighted by atomic mass is 15.1. The highest BCUT2D eigenvalue weighted by Crippen LogP contribution is 2.27. The predicted octanol–water partition coefficient (Wildman–Crippen LogP) is 2.89. The van der Waals surface area contributed by atoms with Crippen molar-refractivity contribution in [3.8, 4) is 0 Å². The van der Waals surface area contributed by atoms with E-state index >= 15 is 0 Å². The number of nitrogens with zero attached hydrogens (tertiary/aromatic N) is 1. The normalized spacial score (nSPS) is 20.2. The van der Waals surface area contributed by atoms with Gasteiger partial charge in [-0.05, 0) is 52.9 Å². The Kier molecular flexibility index (Phi) is 7.06. The summed E-state index contributed by atoms with van der Waals surface area (Å²) in [7, 11) is 4.29. The van der Waals surface area contributed by atoms with Gasteiger partial charge in [-0.25, -0.2) is 0 Å². The Morgan fingerprint density at radius 2 is 1.88 bits per heavy atom. The maximum atomic E-state index is 3.66. The SMILES string of the molecule is CC(CC1CCCCC1)NCCCN(C)C. The number of hydrogen-bond donors (Lipinski definition) is 1. The van der Waals surface area contributed by atoms with Gasteiger partial charge in [0.2, 0.25) is 0 Å². The zero-order valence-electron chi connectivity index (χ0n) is 11.5. The zero-order chi connectivity index (χ0) is 11.8. The third-order valence-electron chi connectivity index (χ3n) is 3.69. The van der Waals surface area contributed by atoms with E-state index < -0.39 is 0 Å². The highest BCUT2D eigenvalue weighted by Gasteiger charge is 2.15. The Morgan fingerprint density at radius 1 is 1.19 bits per heavy atom. The molecule has 2 nitrogen and oxygen atoms in total. The summed E-state index contributed by atoms with van der Waals surface area (Å²) in [6.07, 6.45) is 10.0. The first kappa shape index (κ1) is 14.0. The molecule has 96 valence electrons. The Bertz CT molecular complexity index is 162. The summed E-state index contributed by atoms with van der Waals surface area (Å²) in [5, 5.41) is 3.66. The Hall–Kier alpha value is -0.0800. The Balaban J connectivity index is 1.99. The molecule has 0 saturated heterocycles. The standard InChI is InChI=1S/C14H30N2/c1-13(15-10-7-11-16(2)3)12-14-8-5-4-6-9-14/h13-15H,4-12H2,1-3H3. The minimum Gasteiger partial charge on any atom is -0.314 e. The predicted molar refractivity (Wildman–Crippen MR) is 71.8 cm³/mol. The lowest BCUT2D eigenvalue weighted by molar-refractivity contribution is 0.302. The van der Waals surface area contributed by atoms with E-state index in [1.807, 2.05) is 0 Å². The molecule has 0 amide bonds. The monoisotopic (exact) mass is 226 g/mol. The second-order valence-electron chi connectivity index (χ2n) is 5.75. The van der Waals surface area contributed by atoms with Crippen molar-refractivity contribution in [1.29, 1.82) is 0 Å². The van der Waals surface area contributed by atoms with E-state index in [-0.39, 0.29) is 0 Å². The van der Waals surface area contributed by atoms with E-state index in [0.717, 1.165) is 5.92 Å². The van der Waals surface area contributed by atoms with Crippen molar-refractivity contribution in [2.45, 2.75) is 57.9 Å². The summed E-state index contributed by atoms with van der Waals surface area (Å²) in [5.74, 6) is 1.00. The molecule has 1 saturated carbocycles. The van der Waals surface area contributed by atoms with Gasteiger partial charge < -0.3 is 10.2 Å². The van der Waals surface area contributed by atoms with Crippen LogP contribution in [0, 0.1) is 5.92 Å². The van der Waals surface area contributed by atoms with Gasteiger partial charge in [-0.15, -0.1) is 0 Å². The van der Waals surface area contributed by atoms with Crippen LogP contribution < -0.4 is 5.32 Å². The van der Waals surface area contributed by atoms with Gasteiger partial charge in [0.05, 0.1) is 0 Å². The van der Waals surface area contributed by atoms with Gasteiger partial charge in [-0.1, -0.05) is 32.1 Å². The quantitative estimate of drug-likeness (QED) is 0.672. The molecule has 1 aliphatic rings. The lowest BCUT2D eigenvalue weighted by Crippen LogP contribution is -2.31. The van der Waals surface area contributed by atoms with Gasteiger partial charge in [0, 0.05) is 6.04 Å². The van der Waals surface area contributed by atoms with E-state index in [2.05, 4.69) is 31.2 Å². The van der Waals surface area contributed by atoms with Crippen LogP contribution in [0.1, 0.15) is 51.9 Å². The third-order valence-corrected chi connectivity index (χ3v) is 3.69. The molecule has 0 bridgehead atoms. The van der Waals surface area contributed by atoms with E-state index in [0.29, 0.717) is 6.04 Å². The summed E-state index contributed by atoms with van der Waals surface area (Å²) < 4.78 is 0. The van der Waals surface area contributed by atoms with Crippen molar-refractivity contribution in [3.63, 3.8) is 0 Å². The van der Waals surface area contributed by atoms with E-state index in [9.17, 15) is 0 Å². The van der Waals surface area contributed by atoms with Crippen LogP contribution in [-0.4, -0.2) is 38.1 Å². The van der Waals surface area contributed by atoms with Crippen LogP contribution in [0.15, 0.2) is 0 Å². The summed E-state index contributed by atoms with van der Waals surface area (Å²) in [5.41, 5.74) is 0. The fraction of sp³-hybridized carbons (Fsp3) is 1.00. The maximum Gasteiger partial charge on any atom is 0.00413 e. The van der Waals surface area contributed by atoms with Crippen molar-refractivity contribution in [2.24, 2.45) is 5.92 Å². The molecule has 0 aliphatic heterocycles.